The minimum Gasteiger partial charge on any atom is -0.456 e. The first-order chi connectivity index (χ1) is 28.2. The second-order valence-corrected chi connectivity index (χ2v) is 14.9. The smallest absolute Gasteiger partial charge is 0.160 e. The normalized spacial score (nSPS) is 15.0. The van der Waals surface area contributed by atoms with Crippen molar-refractivity contribution in [1.29, 1.82) is 0 Å². The van der Waals surface area contributed by atoms with Crippen molar-refractivity contribution < 1.29 is 8.83 Å². The number of aliphatic imine (C=N–C) groups is 2. The summed E-state index contributed by atoms with van der Waals surface area (Å²) in [6.07, 6.45) is 1.56. The lowest BCUT2D eigenvalue weighted by Gasteiger charge is -2.18. The van der Waals surface area contributed by atoms with E-state index in [9.17, 15) is 0 Å². The van der Waals surface area contributed by atoms with Gasteiger partial charge in [0.1, 0.15) is 22.3 Å². The van der Waals surface area contributed by atoms with E-state index in [-0.39, 0.29) is 0 Å². The quantitative estimate of drug-likeness (QED) is 0.177. The van der Waals surface area contributed by atoms with Gasteiger partial charge in [-0.3, -0.25) is 0 Å². The van der Waals surface area contributed by atoms with Crippen LogP contribution in [0.5, 0.6) is 0 Å². The van der Waals surface area contributed by atoms with Crippen LogP contribution in [0.3, 0.4) is 0 Å². The van der Waals surface area contributed by atoms with Gasteiger partial charge in [0.2, 0.25) is 0 Å². The molecule has 11 rings (SSSR count). The molecule has 1 aliphatic rings. The highest BCUT2D eigenvalue weighted by Crippen LogP contribution is 2.42. The first kappa shape index (κ1) is 33.1. The molecule has 0 N–H and O–H groups in total. The molecule has 4 heteroatoms. The lowest BCUT2D eigenvalue weighted by molar-refractivity contribution is 0.668. The van der Waals surface area contributed by atoms with Gasteiger partial charge >= 0.3 is 0 Å². The average Bonchev–Trinajstić information content (AvgIpc) is 3.84. The third-order valence-corrected chi connectivity index (χ3v) is 11.4. The molecule has 57 heavy (non-hydrogen) atoms. The molecule has 2 aromatic heterocycles. The maximum absolute atomic E-state index is 6.76. The minimum absolute atomic E-state index is 0.686. The summed E-state index contributed by atoms with van der Waals surface area (Å²) in [5.74, 6) is 0.686. The highest BCUT2D eigenvalue weighted by Gasteiger charge is 2.22. The van der Waals surface area contributed by atoms with Crippen molar-refractivity contribution in [3.8, 4) is 22.3 Å². The molecule has 8 aromatic carbocycles. The van der Waals surface area contributed by atoms with E-state index in [1.54, 1.807) is 0 Å². The van der Waals surface area contributed by atoms with E-state index < -0.39 is 0 Å². The first-order valence-corrected chi connectivity index (χ1v) is 19.5. The number of hydrogen-bond donors (Lipinski definition) is 0. The third kappa shape index (κ3) is 5.68. The van der Waals surface area contributed by atoms with Crippen LogP contribution in [0.4, 0.5) is 0 Å². The molecule has 0 radical (unpaired) electrons. The summed E-state index contributed by atoms with van der Waals surface area (Å²) in [6.45, 7) is 2.20. The van der Waals surface area contributed by atoms with E-state index in [1.165, 1.54) is 16.3 Å². The van der Waals surface area contributed by atoms with Crippen molar-refractivity contribution in [3.05, 3.63) is 198 Å². The summed E-state index contributed by atoms with van der Waals surface area (Å²) in [6, 6.07) is 61.6. The standard InChI is InChI=1S/C53H36N2O2/c1-33-25-30-46(54-53(35-14-3-2-4-15-35)55-51(33)38-28-29-43-42-19-9-10-23-47(42)56-49(43)32-38)41-18-8-7-17-40(41)44-21-12-24-48-50(44)45-22-11-20-39(52(45)57-48)37-27-26-34-13-5-6-16-36(34)31-37/h2-24,26-29,31-32H,25,30H2,1H3/b51-33+,54-46?,55-53?. The van der Waals surface area contributed by atoms with E-state index >= 15 is 0 Å². The lowest BCUT2D eigenvalue weighted by Crippen LogP contribution is -2.11. The molecule has 0 amide bonds. The van der Waals surface area contributed by atoms with Gasteiger partial charge in [0.15, 0.2) is 5.84 Å². The van der Waals surface area contributed by atoms with E-state index in [4.69, 9.17) is 18.8 Å². The van der Waals surface area contributed by atoms with Crippen LogP contribution in [0.25, 0.3) is 82.6 Å². The number of para-hydroxylation sites is 2. The summed E-state index contributed by atoms with van der Waals surface area (Å²) in [4.78, 5) is 10.9. The monoisotopic (exact) mass is 732 g/mol. The van der Waals surface area contributed by atoms with Crippen LogP contribution in [0.15, 0.2) is 200 Å². The summed E-state index contributed by atoms with van der Waals surface area (Å²) in [5, 5.41) is 6.85. The van der Waals surface area contributed by atoms with Crippen molar-refractivity contribution in [2.75, 3.05) is 0 Å². The molecule has 0 unspecified atom stereocenters. The summed E-state index contributed by atoms with van der Waals surface area (Å²) in [7, 11) is 0. The molecule has 3 heterocycles. The molecule has 270 valence electrons. The number of fused-ring (bicyclic) bond motifs is 7. The van der Waals surface area contributed by atoms with Gasteiger partial charge in [-0.2, -0.15) is 0 Å². The third-order valence-electron chi connectivity index (χ3n) is 11.4. The van der Waals surface area contributed by atoms with Gasteiger partial charge in [-0.15, -0.1) is 0 Å². The molecule has 4 nitrogen and oxygen atoms in total. The second kappa shape index (κ2) is 13.5. The van der Waals surface area contributed by atoms with Crippen LogP contribution >= 0.6 is 0 Å². The Morgan fingerprint density at radius 3 is 2.02 bits per heavy atom. The average molecular weight is 733 g/mol. The van der Waals surface area contributed by atoms with Crippen molar-refractivity contribution in [2.24, 2.45) is 9.98 Å². The van der Waals surface area contributed by atoms with Gasteiger partial charge in [-0.05, 0) is 83.1 Å². The number of allylic oxidation sites excluding steroid dienone is 1. The molecule has 0 bridgehead atoms. The predicted molar refractivity (Wildman–Crippen MR) is 237 cm³/mol. The van der Waals surface area contributed by atoms with Crippen molar-refractivity contribution >= 4 is 71.9 Å². The largest absolute Gasteiger partial charge is 0.456 e. The number of rotatable bonds is 5. The number of hydrogen-bond acceptors (Lipinski definition) is 4. The SMILES string of the molecule is C/C1=C(/c2ccc3c(c2)oc2ccccc23)N=C(c2ccccc2)N=C(c2ccccc2-c2cccc3oc4c(-c5ccc6ccccc6c5)cccc4c23)CC1. The molecular formula is C53H36N2O2. The Kier molecular flexibility index (Phi) is 7.82. The molecule has 0 atom stereocenters. The Morgan fingerprint density at radius 2 is 1.11 bits per heavy atom. The predicted octanol–water partition coefficient (Wildman–Crippen LogP) is 14.4. The molecule has 0 saturated carbocycles. The maximum atomic E-state index is 6.76. The highest BCUT2D eigenvalue weighted by atomic mass is 16.3. The van der Waals surface area contributed by atoms with Crippen LogP contribution in [0, 0.1) is 0 Å². The fraction of sp³-hybridized carbons (Fsp3) is 0.0566. The van der Waals surface area contributed by atoms with Gasteiger partial charge in [0.05, 0.1) is 11.4 Å². The zero-order chi connectivity index (χ0) is 37.9. The molecule has 1 aliphatic heterocycles. The van der Waals surface area contributed by atoms with E-state index in [0.717, 1.165) is 107 Å². The fourth-order valence-corrected chi connectivity index (χ4v) is 8.56. The van der Waals surface area contributed by atoms with E-state index in [0.29, 0.717) is 5.84 Å². The Bertz CT molecular complexity index is 3300. The summed E-state index contributed by atoms with van der Waals surface area (Å²) in [5.41, 5.74) is 14.2. The zero-order valence-corrected chi connectivity index (χ0v) is 31.4. The number of furan rings is 2. The second-order valence-electron chi connectivity index (χ2n) is 14.9. The minimum atomic E-state index is 0.686. The van der Waals surface area contributed by atoms with Gasteiger partial charge in [-0.25, -0.2) is 9.98 Å². The Morgan fingerprint density at radius 1 is 0.421 bits per heavy atom. The van der Waals surface area contributed by atoms with E-state index in [1.807, 2.05) is 30.3 Å². The van der Waals surface area contributed by atoms with Gasteiger partial charge < -0.3 is 8.83 Å². The van der Waals surface area contributed by atoms with Gasteiger partial charge in [0.25, 0.3) is 0 Å². The topological polar surface area (TPSA) is 51.0 Å². The number of nitrogens with zero attached hydrogens (tertiary/aromatic N) is 2. The van der Waals surface area contributed by atoms with Crippen molar-refractivity contribution in [2.45, 2.75) is 19.8 Å². The molecule has 0 aliphatic carbocycles. The van der Waals surface area contributed by atoms with Crippen LogP contribution in [-0.4, -0.2) is 11.5 Å². The Hall–Kier alpha value is -7.30. The van der Waals surface area contributed by atoms with Crippen molar-refractivity contribution in [1.82, 2.24) is 0 Å². The van der Waals surface area contributed by atoms with Crippen LogP contribution < -0.4 is 0 Å². The van der Waals surface area contributed by atoms with Crippen molar-refractivity contribution in [3.63, 3.8) is 0 Å². The molecule has 0 saturated heterocycles. The molecular weight excluding hydrogens is 697 g/mol. The van der Waals surface area contributed by atoms with E-state index in [2.05, 4.69) is 153 Å². The first-order valence-electron chi connectivity index (χ1n) is 19.5. The maximum Gasteiger partial charge on any atom is 0.160 e. The molecule has 0 spiro atoms. The summed E-state index contributed by atoms with van der Waals surface area (Å²) >= 11 is 0. The van der Waals surface area contributed by atoms with Gasteiger partial charge in [0, 0.05) is 43.8 Å². The lowest BCUT2D eigenvalue weighted by atomic mass is 9.90. The van der Waals surface area contributed by atoms with Gasteiger partial charge in [-0.1, -0.05) is 146 Å². The Balaban J connectivity index is 1.05. The van der Waals surface area contributed by atoms with Crippen LogP contribution in [0.2, 0.25) is 0 Å². The highest BCUT2D eigenvalue weighted by molar-refractivity contribution is 6.20. The Labute approximate surface area is 329 Å². The summed E-state index contributed by atoms with van der Waals surface area (Å²) < 4.78 is 13.1. The zero-order valence-electron chi connectivity index (χ0n) is 31.4. The van der Waals surface area contributed by atoms with Crippen LogP contribution in [0.1, 0.15) is 36.5 Å². The molecule has 10 aromatic rings. The van der Waals surface area contributed by atoms with Crippen LogP contribution in [-0.2, 0) is 0 Å². The number of benzene rings is 8. The molecule has 0 fully saturated rings. The fourth-order valence-electron chi connectivity index (χ4n) is 8.56. The number of amidine groups is 1.